The number of carbonyl (C=O) groups is 1. The summed E-state index contributed by atoms with van der Waals surface area (Å²) < 4.78 is 5.04. The normalized spacial score (nSPS) is 10.4. The molecule has 94 valence electrons. The zero-order valence-corrected chi connectivity index (χ0v) is 10.5. The largest absolute Gasteiger partial charge is 0.495 e. The third-order valence-corrected chi connectivity index (χ3v) is 2.30. The number of hydrogen-bond acceptors (Lipinski definition) is 4. The molecule has 3 N–H and O–H groups in total. The lowest BCUT2D eigenvalue weighted by atomic mass is 10.2. The van der Waals surface area contributed by atoms with Gasteiger partial charge in [-0.25, -0.2) is 0 Å². The van der Waals surface area contributed by atoms with Gasteiger partial charge in [0, 0.05) is 18.7 Å². The molecule has 1 amide bonds. The summed E-state index contributed by atoms with van der Waals surface area (Å²) in [6, 6.07) is 5.19. The number of methoxy groups -OCH3 is 1. The number of nitrogen functional groups attached to an aromatic ring is 1. The number of nitrogens with two attached hydrogens (primary N) is 1. The number of nitrogens with zero attached hydrogens (tertiary/aromatic N) is 1. The minimum atomic E-state index is -0.0248. The summed E-state index contributed by atoms with van der Waals surface area (Å²) >= 11 is 0. The van der Waals surface area contributed by atoms with Gasteiger partial charge in [0.15, 0.2) is 0 Å². The minimum absolute atomic E-state index is 0.0248. The number of ether oxygens (including phenoxy) is 1. The Morgan fingerprint density at radius 3 is 2.71 bits per heavy atom. The van der Waals surface area contributed by atoms with E-state index in [4.69, 9.17) is 10.5 Å². The smallest absolute Gasteiger partial charge is 0.225 e. The molecule has 0 atom stereocenters. The van der Waals surface area contributed by atoms with Crippen molar-refractivity contribution < 1.29 is 9.53 Å². The van der Waals surface area contributed by atoms with Crippen molar-refractivity contribution in [1.29, 1.82) is 0 Å². The van der Waals surface area contributed by atoms with Crippen LogP contribution in [-0.2, 0) is 4.79 Å². The first-order valence-electron chi connectivity index (χ1n) is 5.41. The topological polar surface area (TPSA) is 67.6 Å². The lowest BCUT2D eigenvalue weighted by Crippen LogP contribution is -2.20. The molecule has 0 aliphatic carbocycles. The predicted molar refractivity (Wildman–Crippen MR) is 69.2 cm³/mol. The van der Waals surface area contributed by atoms with E-state index in [9.17, 15) is 4.79 Å². The van der Waals surface area contributed by atoms with Crippen LogP contribution in [0.25, 0.3) is 0 Å². The van der Waals surface area contributed by atoms with Gasteiger partial charge in [-0.1, -0.05) is 0 Å². The Bertz CT molecular complexity index is 391. The fourth-order valence-corrected chi connectivity index (χ4v) is 1.36. The van der Waals surface area contributed by atoms with Crippen molar-refractivity contribution in [2.45, 2.75) is 6.42 Å². The first-order valence-corrected chi connectivity index (χ1v) is 5.41. The highest BCUT2D eigenvalue weighted by Gasteiger charge is 2.05. The van der Waals surface area contributed by atoms with Crippen molar-refractivity contribution >= 4 is 17.3 Å². The number of carbonyl (C=O) groups excluding carboxylic acids is 1. The Labute approximate surface area is 102 Å². The van der Waals surface area contributed by atoms with Crippen molar-refractivity contribution in [3.05, 3.63) is 18.2 Å². The van der Waals surface area contributed by atoms with Crippen LogP contribution in [0.15, 0.2) is 18.2 Å². The Kier molecular flexibility index (Phi) is 4.78. The molecule has 5 heteroatoms. The summed E-state index contributed by atoms with van der Waals surface area (Å²) in [5.74, 6) is 0.583. The molecule has 0 spiro atoms. The summed E-state index contributed by atoms with van der Waals surface area (Å²) in [6.45, 7) is 0.720. The standard InChI is InChI=1S/C12H19N3O2/c1-15(2)7-6-12(16)14-9-4-5-11(17-3)10(13)8-9/h4-5,8H,6-7,13H2,1-3H3,(H,14,16). The van der Waals surface area contributed by atoms with Crippen LogP contribution < -0.4 is 15.8 Å². The van der Waals surface area contributed by atoms with Gasteiger partial charge in [0.2, 0.25) is 5.91 Å². The molecule has 0 radical (unpaired) electrons. The fraction of sp³-hybridized carbons (Fsp3) is 0.417. The van der Waals surface area contributed by atoms with Gasteiger partial charge in [0.25, 0.3) is 0 Å². The second kappa shape index (κ2) is 6.10. The van der Waals surface area contributed by atoms with Gasteiger partial charge in [-0.2, -0.15) is 0 Å². The van der Waals surface area contributed by atoms with Crippen LogP contribution in [-0.4, -0.2) is 38.6 Å². The molecule has 0 aliphatic rings. The van der Waals surface area contributed by atoms with Crippen molar-refractivity contribution in [2.24, 2.45) is 0 Å². The molecular weight excluding hydrogens is 218 g/mol. The molecular formula is C12H19N3O2. The average Bonchev–Trinajstić information content (AvgIpc) is 2.26. The van der Waals surface area contributed by atoms with Crippen molar-refractivity contribution in [3.63, 3.8) is 0 Å². The first-order chi connectivity index (χ1) is 8.02. The highest BCUT2D eigenvalue weighted by atomic mass is 16.5. The van der Waals surface area contributed by atoms with E-state index in [-0.39, 0.29) is 5.91 Å². The Morgan fingerprint density at radius 1 is 1.47 bits per heavy atom. The van der Waals surface area contributed by atoms with Crippen LogP contribution in [0.2, 0.25) is 0 Å². The Hall–Kier alpha value is -1.75. The summed E-state index contributed by atoms with van der Waals surface area (Å²) in [7, 11) is 5.42. The van der Waals surface area contributed by atoms with E-state index >= 15 is 0 Å². The maximum absolute atomic E-state index is 11.6. The minimum Gasteiger partial charge on any atom is -0.495 e. The molecule has 0 unspecified atom stereocenters. The molecule has 0 aliphatic heterocycles. The van der Waals surface area contributed by atoms with E-state index in [2.05, 4.69) is 5.32 Å². The van der Waals surface area contributed by atoms with Gasteiger partial charge in [-0.3, -0.25) is 4.79 Å². The van der Waals surface area contributed by atoms with E-state index in [1.807, 2.05) is 19.0 Å². The Morgan fingerprint density at radius 2 is 2.18 bits per heavy atom. The van der Waals surface area contributed by atoms with E-state index in [1.165, 1.54) is 0 Å². The number of nitrogens with one attached hydrogen (secondary N) is 1. The first kappa shape index (κ1) is 13.3. The molecule has 0 saturated carbocycles. The summed E-state index contributed by atoms with van der Waals surface area (Å²) in [4.78, 5) is 13.5. The molecule has 0 saturated heterocycles. The Balaban J connectivity index is 2.57. The van der Waals surface area contributed by atoms with E-state index in [0.717, 1.165) is 6.54 Å². The monoisotopic (exact) mass is 237 g/mol. The number of hydrogen-bond donors (Lipinski definition) is 2. The summed E-state index contributed by atoms with van der Waals surface area (Å²) in [5, 5.41) is 2.79. The summed E-state index contributed by atoms with van der Waals surface area (Å²) in [6.07, 6.45) is 0.457. The number of benzene rings is 1. The number of amides is 1. The molecule has 0 aromatic heterocycles. The third-order valence-electron chi connectivity index (χ3n) is 2.30. The molecule has 1 rings (SSSR count). The lowest BCUT2D eigenvalue weighted by molar-refractivity contribution is -0.116. The molecule has 1 aromatic rings. The van der Waals surface area contributed by atoms with Gasteiger partial charge in [0.05, 0.1) is 12.8 Å². The van der Waals surface area contributed by atoms with Crippen molar-refractivity contribution in [3.8, 4) is 5.75 Å². The predicted octanol–water partition coefficient (Wildman–Crippen LogP) is 1.17. The van der Waals surface area contributed by atoms with Gasteiger partial charge in [0.1, 0.15) is 5.75 Å². The van der Waals surface area contributed by atoms with Crippen LogP contribution in [0, 0.1) is 0 Å². The van der Waals surface area contributed by atoms with Crippen LogP contribution >= 0.6 is 0 Å². The van der Waals surface area contributed by atoms with Crippen LogP contribution in [0.1, 0.15) is 6.42 Å². The summed E-state index contributed by atoms with van der Waals surface area (Å²) in [5.41, 5.74) is 6.94. The molecule has 0 fully saturated rings. The second-order valence-corrected chi connectivity index (χ2v) is 4.06. The average molecular weight is 237 g/mol. The zero-order valence-electron chi connectivity index (χ0n) is 10.5. The highest BCUT2D eigenvalue weighted by molar-refractivity contribution is 5.91. The van der Waals surface area contributed by atoms with Crippen LogP contribution in [0.5, 0.6) is 5.75 Å². The van der Waals surface area contributed by atoms with E-state index in [1.54, 1.807) is 25.3 Å². The SMILES string of the molecule is COc1ccc(NC(=O)CCN(C)C)cc1N. The number of anilines is 2. The fourth-order valence-electron chi connectivity index (χ4n) is 1.36. The molecule has 0 heterocycles. The van der Waals surface area contributed by atoms with E-state index < -0.39 is 0 Å². The lowest BCUT2D eigenvalue weighted by Gasteiger charge is -2.11. The molecule has 5 nitrogen and oxygen atoms in total. The van der Waals surface area contributed by atoms with E-state index in [0.29, 0.717) is 23.5 Å². The van der Waals surface area contributed by atoms with Crippen LogP contribution in [0.4, 0.5) is 11.4 Å². The van der Waals surface area contributed by atoms with Gasteiger partial charge >= 0.3 is 0 Å². The highest BCUT2D eigenvalue weighted by Crippen LogP contribution is 2.24. The third kappa shape index (κ3) is 4.32. The maximum atomic E-state index is 11.6. The second-order valence-electron chi connectivity index (χ2n) is 4.06. The van der Waals surface area contributed by atoms with Crippen LogP contribution in [0.3, 0.4) is 0 Å². The van der Waals surface area contributed by atoms with Gasteiger partial charge in [-0.15, -0.1) is 0 Å². The van der Waals surface area contributed by atoms with Crippen molar-refractivity contribution in [2.75, 3.05) is 38.8 Å². The molecule has 1 aromatic carbocycles. The van der Waals surface area contributed by atoms with Gasteiger partial charge in [-0.05, 0) is 32.3 Å². The maximum Gasteiger partial charge on any atom is 0.225 e. The molecule has 0 bridgehead atoms. The van der Waals surface area contributed by atoms with Gasteiger partial charge < -0.3 is 20.7 Å². The zero-order chi connectivity index (χ0) is 12.8. The van der Waals surface area contributed by atoms with Crippen molar-refractivity contribution in [1.82, 2.24) is 4.90 Å². The molecule has 17 heavy (non-hydrogen) atoms. The quantitative estimate of drug-likeness (QED) is 0.754. The number of rotatable bonds is 5.